The van der Waals surface area contributed by atoms with Crippen molar-refractivity contribution in [3.05, 3.63) is 95.1 Å². The molecule has 0 spiro atoms. The molecule has 1 amide bonds. The van der Waals surface area contributed by atoms with Gasteiger partial charge in [-0.3, -0.25) is 9.78 Å². The number of hydrogen-bond acceptors (Lipinski definition) is 4. The monoisotopic (exact) mass is 499 g/mol. The summed E-state index contributed by atoms with van der Waals surface area (Å²) in [5.74, 6) is 1.03. The van der Waals surface area contributed by atoms with Gasteiger partial charge in [-0.15, -0.1) is 0 Å². The number of nitrogens with one attached hydrogen (secondary N) is 1. The predicted octanol–water partition coefficient (Wildman–Crippen LogP) is 6.85. The van der Waals surface area contributed by atoms with Crippen LogP contribution in [0.15, 0.2) is 78.9 Å². The Bertz CT molecular complexity index is 1330. The second-order valence-electron chi connectivity index (χ2n) is 9.18. The largest absolute Gasteiger partial charge is 0.483 e. The van der Waals surface area contributed by atoms with Gasteiger partial charge in [0.2, 0.25) is 0 Å². The van der Waals surface area contributed by atoms with E-state index in [1.54, 1.807) is 0 Å². The van der Waals surface area contributed by atoms with Crippen molar-refractivity contribution in [2.75, 3.05) is 29.9 Å². The first kappa shape index (κ1) is 24.1. The molecular weight excluding hydrogens is 470 g/mol. The topological polar surface area (TPSA) is 54.5 Å². The number of aromatic nitrogens is 1. The molecule has 5 nitrogen and oxygen atoms in total. The highest BCUT2D eigenvalue weighted by Gasteiger charge is 2.20. The highest BCUT2D eigenvalue weighted by Crippen LogP contribution is 2.31. The van der Waals surface area contributed by atoms with E-state index >= 15 is 0 Å². The molecule has 3 aromatic carbocycles. The zero-order chi connectivity index (χ0) is 24.9. The number of carbonyl (C=O) groups is 1. The Kier molecular flexibility index (Phi) is 7.38. The number of aryl methyl sites for hydroxylation is 1. The van der Waals surface area contributed by atoms with Crippen LogP contribution in [0.4, 0.5) is 11.4 Å². The first-order valence-electron chi connectivity index (χ1n) is 12.5. The molecule has 0 saturated carbocycles. The quantitative estimate of drug-likeness (QED) is 0.302. The second-order valence-corrected chi connectivity index (χ2v) is 9.62. The molecule has 2 heterocycles. The lowest BCUT2D eigenvalue weighted by atomic mass is 9.89. The molecule has 0 radical (unpaired) electrons. The van der Waals surface area contributed by atoms with Gasteiger partial charge in [0, 0.05) is 46.6 Å². The molecule has 1 aliphatic rings. The molecule has 0 unspecified atom stereocenters. The summed E-state index contributed by atoms with van der Waals surface area (Å²) in [5.41, 5.74) is 5.08. The van der Waals surface area contributed by atoms with E-state index in [2.05, 4.69) is 57.7 Å². The van der Waals surface area contributed by atoms with Gasteiger partial charge in [0.1, 0.15) is 5.75 Å². The fourth-order valence-electron chi connectivity index (χ4n) is 4.81. The van der Waals surface area contributed by atoms with Gasteiger partial charge in [-0.25, -0.2) is 0 Å². The standard InChI is InChI=1S/C30H30ClN3O2/c1-2-24-19-29(27-18-23(31)8-13-28(27)32-24)36-20-30(35)33-25-9-11-26(12-10-25)34-16-14-22(15-17-34)21-6-4-3-5-7-21/h3-13,18-19,22H,2,14-17,20H2,1H3,(H,33,35). The lowest BCUT2D eigenvalue weighted by molar-refractivity contribution is -0.118. The van der Waals surface area contributed by atoms with Crippen LogP contribution in [0.25, 0.3) is 10.9 Å². The van der Waals surface area contributed by atoms with Crippen molar-refractivity contribution < 1.29 is 9.53 Å². The fourth-order valence-corrected chi connectivity index (χ4v) is 4.98. The number of anilines is 2. The minimum atomic E-state index is -0.212. The third-order valence-electron chi connectivity index (χ3n) is 6.79. The summed E-state index contributed by atoms with van der Waals surface area (Å²) in [4.78, 5) is 19.6. The molecular formula is C30H30ClN3O2. The number of nitrogens with zero attached hydrogens (tertiary/aromatic N) is 2. The third-order valence-corrected chi connectivity index (χ3v) is 7.02. The molecule has 1 aromatic heterocycles. The molecule has 1 N–H and O–H groups in total. The first-order valence-corrected chi connectivity index (χ1v) is 12.9. The van der Waals surface area contributed by atoms with Crippen LogP contribution in [-0.2, 0) is 11.2 Å². The molecule has 4 aromatic rings. The Morgan fingerprint density at radius 2 is 1.78 bits per heavy atom. The molecule has 1 saturated heterocycles. The first-order chi connectivity index (χ1) is 17.6. The van der Waals surface area contributed by atoms with Gasteiger partial charge in [-0.05, 0) is 73.2 Å². The molecule has 1 aliphatic heterocycles. The van der Waals surface area contributed by atoms with Crippen LogP contribution >= 0.6 is 11.6 Å². The number of carbonyl (C=O) groups excluding carboxylic acids is 1. The summed E-state index contributed by atoms with van der Waals surface area (Å²) in [6.07, 6.45) is 3.07. The summed E-state index contributed by atoms with van der Waals surface area (Å²) < 4.78 is 5.90. The van der Waals surface area contributed by atoms with Crippen LogP contribution in [0.3, 0.4) is 0 Å². The SMILES string of the molecule is CCc1cc(OCC(=O)Nc2ccc(N3CCC(c4ccccc4)CC3)cc2)c2cc(Cl)ccc2n1. The zero-order valence-corrected chi connectivity index (χ0v) is 21.2. The van der Waals surface area contributed by atoms with Crippen molar-refractivity contribution in [2.24, 2.45) is 0 Å². The summed E-state index contributed by atoms with van der Waals surface area (Å²) >= 11 is 6.17. The van der Waals surface area contributed by atoms with Crippen LogP contribution in [0, 0.1) is 0 Å². The van der Waals surface area contributed by atoms with Gasteiger partial charge < -0.3 is 15.0 Å². The van der Waals surface area contributed by atoms with Crippen LogP contribution < -0.4 is 15.0 Å². The number of pyridine rings is 1. The summed E-state index contributed by atoms with van der Waals surface area (Å²) in [6.45, 7) is 4.00. The van der Waals surface area contributed by atoms with Crippen molar-refractivity contribution in [2.45, 2.75) is 32.1 Å². The van der Waals surface area contributed by atoms with Crippen LogP contribution in [0.2, 0.25) is 5.02 Å². The van der Waals surface area contributed by atoms with E-state index < -0.39 is 0 Å². The normalized spacial score (nSPS) is 14.1. The second kappa shape index (κ2) is 11.0. The van der Waals surface area contributed by atoms with E-state index in [9.17, 15) is 4.79 Å². The number of ether oxygens (including phenoxy) is 1. The van der Waals surface area contributed by atoms with Gasteiger partial charge in [0.15, 0.2) is 6.61 Å². The lowest BCUT2D eigenvalue weighted by Gasteiger charge is -2.34. The predicted molar refractivity (Wildman–Crippen MR) is 147 cm³/mol. The minimum absolute atomic E-state index is 0.0937. The van der Waals surface area contributed by atoms with E-state index in [1.165, 1.54) is 11.3 Å². The molecule has 0 aliphatic carbocycles. The molecule has 184 valence electrons. The van der Waals surface area contributed by atoms with Gasteiger partial charge in [-0.2, -0.15) is 0 Å². The van der Waals surface area contributed by atoms with E-state index in [0.717, 1.165) is 54.6 Å². The highest BCUT2D eigenvalue weighted by atomic mass is 35.5. The zero-order valence-electron chi connectivity index (χ0n) is 20.4. The molecule has 0 atom stereocenters. The summed E-state index contributed by atoms with van der Waals surface area (Å²) in [6, 6.07) is 26.2. The van der Waals surface area contributed by atoms with Crippen LogP contribution in [0.1, 0.15) is 36.9 Å². The van der Waals surface area contributed by atoms with E-state index in [-0.39, 0.29) is 12.5 Å². The lowest BCUT2D eigenvalue weighted by Crippen LogP contribution is -2.32. The fraction of sp³-hybridized carbons (Fsp3) is 0.267. The average Bonchev–Trinajstić information content (AvgIpc) is 2.92. The maximum atomic E-state index is 12.6. The average molecular weight is 500 g/mol. The van der Waals surface area contributed by atoms with E-state index in [0.29, 0.717) is 16.7 Å². The van der Waals surface area contributed by atoms with Crippen molar-refractivity contribution in [3.63, 3.8) is 0 Å². The number of rotatable bonds is 7. The Hall–Kier alpha value is -3.57. The molecule has 1 fully saturated rings. The van der Waals surface area contributed by atoms with E-state index in [4.69, 9.17) is 16.3 Å². The van der Waals surface area contributed by atoms with Crippen molar-refractivity contribution in [3.8, 4) is 5.75 Å². The Balaban J connectivity index is 1.17. The van der Waals surface area contributed by atoms with Gasteiger partial charge in [-0.1, -0.05) is 48.9 Å². The summed E-state index contributed by atoms with van der Waals surface area (Å²) in [7, 11) is 0. The number of halogens is 1. The highest BCUT2D eigenvalue weighted by molar-refractivity contribution is 6.31. The molecule has 5 rings (SSSR count). The van der Waals surface area contributed by atoms with Crippen molar-refractivity contribution in [1.29, 1.82) is 0 Å². The smallest absolute Gasteiger partial charge is 0.262 e. The number of amides is 1. The Morgan fingerprint density at radius 3 is 2.50 bits per heavy atom. The number of piperidine rings is 1. The van der Waals surface area contributed by atoms with Crippen molar-refractivity contribution >= 4 is 39.8 Å². The number of hydrogen-bond donors (Lipinski definition) is 1. The Labute approximate surface area is 217 Å². The maximum absolute atomic E-state index is 12.6. The third kappa shape index (κ3) is 5.63. The van der Waals surface area contributed by atoms with Crippen LogP contribution in [0.5, 0.6) is 5.75 Å². The van der Waals surface area contributed by atoms with Gasteiger partial charge >= 0.3 is 0 Å². The minimum Gasteiger partial charge on any atom is -0.483 e. The molecule has 6 heteroatoms. The molecule has 0 bridgehead atoms. The van der Waals surface area contributed by atoms with Crippen LogP contribution in [-0.4, -0.2) is 30.6 Å². The maximum Gasteiger partial charge on any atom is 0.262 e. The Morgan fingerprint density at radius 1 is 1.03 bits per heavy atom. The van der Waals surface area contributed by atoms with Gasteiger partial charge in [0.25, 0.3) is 5.91 Å². The number of benzene rings is 3. The van der Waals surface area contributed by atoms with Gasteiger partial charge in [0.05, 0.1) is 5.52 Å². The summed E-state index contributed by atoms with van der Waals surface area (Å²) in [5, 5.41) is 4.34. The van der Waals surface area contributed by atoms with E-state index in [1.807, 2.05) is 43.3 Å². The number of fused-ring (bicyclic) bond motifs is 1. The van der Waals surface area contributed by atoms with Crippen molar-refractivity contribution in [1.82, 2.24) is 4.98 Å². The molecule has 36 heavy (non-hydrogen) atoms.